The van der Waals surface area contributed by atoms with Crippen LogP contribution in [0.25, 0.3) is 0 Å². The third-order valence-electron chi connectivity index (χ3n) is 3.05. The average Bonchev–Trinajstić information content (AvgIpc) is 2.47. The van der Waals surface area contributed by atoms with Gasteiger partial charge in [-0.05, 0) is 49.0 Å². The lowest BCUT2D eigenvalue weighted by Gasteiger charge is -2.17. The van der Waals surface area contributed by atoms with Crippen LogP contribution in [0.1, 0.15) is 18.5 Å². The van der Waals surface area contributed by atoms with E-state index in [9.17, 15) is 0 Å². The first-order valence-electron chi connectivity index (χ1n) is 6.55. The Labute approximate surface area is 135 Å². The molecule has 2 aromatic carbocycles. The van der Waals surface area contributed by atoms with Crippen LogP contribution in [0.5, 0.6) is 5.75 Å². The van der Waals surface area contributed by atoms with E-state index in [4.69, 9.17) is 28.6 Å². The van der Waals surface area contributed by atoms with Crippen molar-refractivity contribution >= 4 is 34.6 Å². The Hall–Kier alpha value is -1.78. The van der Waals surface area contributed by atoms with E-state index < -0.39 is 0 Å². The molecule has 0 aromatic heterocycles. The SMILES string of the molecule is COc1cccc(NC(=S)N[C@@H](C)c2ccc(Cl)cc2)c1. The highest BCUT2D eigenvalue weighted by molar-refractivity contribution is 7.80. The summed E-state index contributed by atoms with van der Waals surface area (Å²) in [5.41, 5.74) is 2.00. The zero-order chi connectivity index (χ0) is 15.2. The minimum absolute atomic E-state index is 0.0906. The molecule has 2 N–H and O–H groups in total. The summed E-state index contributed by atoms with van der Waals surface area (Å²) in [6, 6.07) is 15.4. The van der Waals surface area contributed by atoms with Crippen molar-refractivity contribution < 1.29 is 4.74 Å². The zero-order valence-corrected chi connectivity index (χ0v) is 13.5. The Morgan fingerprint density at radius 1 is 1.19 bits per heavy atom. The van der Waals surface area contributed by atoms with Crippen LogP contribution in [-0.4, -0.2) is 12.2 Å². The molecule has 0 spiro atoms. The second-order valence-electron chi connectivity index (χ2n) is 4.60. The van der Waals surface area contributed by atoms with Crippen molar-refractivity contribution in [3.63, 3.8) is 0 Å². The summed E-state index contributed by atoms with van der Waals surface area (Å²) < 4.78 is 5.18. The molecule has 0 bridgehead atoms. The number of hydrogen-bond acceptors (Lipinski definition) is 2. The monoisotopic (exact) mass is 320 g/mol. The summed E-state index contributed by atoms with van der Waals surface area (Å²) in [5, 5.41) is 7.67. The topological polar surface area (TPSA) is 33.3 Å². The Morgan fingerprint density at radius 3 is 2.57 bits per heavy atom. The number of thiocarbonyl (C=S) groups is 1. The van der Waals surface area contributed by atoms with Crippen molar-refractivity contribution in [2.45, 2.75) is 13.0 Å². The standard InChI is InChI=1S/C16H17ClN2OS/c1-11(12-6-8-13(17)9-7-12)18-16(21)19-14-4-3-5-15(10-14)20-2/h3-11H,1-2H3,(H2,18,19,21)/t11-/m0/s1. The van der Waals surface area contributed by atoms with E-state index in [1.165, 1.54) is 0 Å². The zero-order valence-electron chi connectivity index (χ0n) is 11.9. The summed E-state index contributed by atoms with van der Waals surface area (Å²) in [5.74, 6) is 0.786. The molecule has 0 unspecified atom stereocenters. The number of ether oxygens (including phenoxy) is 1. The molecule has 1 atom stereocenters. The van der Waals surface area contributed by atoms with Crippen molar-refractivity contribution in [3.8, 4) is 5.75 Å². The molecule has 0 radical (unpaired) electrons. The molecule has 2 aromatic rings. The molecule has 5 heteroatoms. The van der Waals surface area contributed by atoms with Crippen LogP contribution < -0.4 is 15.4 Å². The fraction of sp³-hybridized carbons (Fsp3) is 0.188. The van der Waals surface area contributed by atoms with Crippen molar-refractivity contribution in [2.24, 2.45) is 0 Å². The van der Waals surface area contributed by atoms with Gasteiger partial charge in [-0.15, -0.1) is 0 Å². The van der Waals surface area contributed by atoms with E-state index >= 15 is 0 Å². The van der Waals surface area contributed by atoms with Gasteiger partial charge in [0.15, 0.2) is 5.11 Å². The lowest BCUT2D eigenvalue weighted by molar-refractivity contribution is 0.415. The number of rotatable bonds is 4. The van der Waals surface area contributed by atoms with Crippen LogP contribution in [-0.2, 0) is 0 Å². The van der Waals surface area contributed by atoms with Crippen LogP contribution in [0.15, 0.2) is 48.5 Å². The molecule has 0 aliphatic carbocycles. The fourth-order valence-corrected chi connectivity index (χ4v) is 2.32. The van der Waals surface area contributed by atoms with Crippen LogP contribution in [0.3, 0.4) is 0 Å². The largest absolute Gasteiger partial charge is 0.497 e. The molecule has 0 amide bonds. The van der Waals surface area contributed by atoms with Gasteiger partial charge in [0.2, 0.25) is 0 Å². The normalized spacial score (nSPS) is 11.6. The van der Waals surface area contributed by atoms with Crippen LogP contribution >= 0.6 is 23.8 Å². The highest BCUT2D eigenvalue weighted by atomic mass is 35.5. The molecular formula is C16H17ClN2OS. The average molecular weight is 321 g/mol. The van der Waals surface area contributed by atoms with Crippen LogP contribution in [0, 0.1) is 0 Å². The van der Waals surface area contributed by atoms with Crippen molar-refractivity contribution in [1.29, 1.82) is 0 Å². The molecule has 0 saturated heterocycles. The number of anilines is 1. The molecule has 21 heavy (non-hydrogen) atoms. The molecule has 0 saturated carbocycles. The highest BCUT2D eigenvalue weighted by Crippen LogP contribution is 2.18. The number of hydrogen-bond donors (Lipinski definition) is 2. The first-order valence-corrected chi connectivity index (χ1v) is 7.34. The molecule has 2 rings (SSSR count). The van der Waals surface area contributed by atoms with Crippen molar-refractivity contribution in [2.75, 3.05) is 12.4 Å². The maximum absolute atomic E-state index is 5.89. The molecule has 3 nitrogen and oxygen atoms in total. The lowest BCUT2D eigenvalue weighted by Crippen LogP contribution is -2.30. The second-order valence-corrected chi connectivity index (χ2v) is 5.45. The first kappa shape index (κ1) is 15.6. The second kappa shape index (κ2) is 7.29. The summed E-state index contributed by atoms with van der Waals surface area (Å²) >= 11 is 11.2. The molecule has 0 aliphatic heterocycles. The van der Waals surface area contributed by atoms with Gasteiger partial charge in [-0.1, -0.05) is 29.8 Å². The number of halogens is 1. The third-order valence-corrected chi connectivity index (χ3v) is 3.52. The van der Waals surface area contributed by atoms with Crippen LogP contribution in [0.2, 0.25) is 5.02 Å². The van der Waals surface area contributed by atoms with Gasteiger partial charge in [-0.3, -0.25) is 0 Å². The molecule has 0 aliphatic rings. The summed E-state index contributed by atoms with van der Waals surface area (Å²) in [7, 11) is 1.64. The minimum atomic E-state index is 0.0906. The van der Waals surface area contributed by atoms with Crippen LogP contribution in [0.4, 0.5) is 5.69 Å². The Bertz CT molecular complexity index is 616. The Morgan fingerprint density at radius 2 is 1.90 bits per heavy atom. The smallest absolute Gasteiger partial charge is 0.171 e. The number of benzene rings is 2. The highest BCUT2D eigenvalue weighted by Gasteiger charge is 2.07. The Balaban J connectivity index is 1.96. The van der Waals surface area contributed by atoms with Gasteiger partial charge in [0, 0.05) is 16.8 Å². The van der Waals surface area contributed by atoms with Gasteiger partial charge < -0.3 is 15.4 Å². The minimum Gasteiger partial charge on any atom is -0.497 e. The predicted molar refractivity (Wildman–Crippen MR) is 92.2 cm³/mol. The van der Waals surface area contributed by atoms with E-state index in [-0.39, 0.29) is 6.04 Å². The molecule has 0 heterocycles. The number of nitrogens with one attached hydrogen (secondary N) is 2. The Kier molecular flexibility index (Phi) is 5.42. The summed E-state index contributed by atoms with van der Waals surface area (Å²) in [4.78, 5) is 0. The van der Waals surface area contributed by atoms with Gasteiger partial charge in [-0.2, -0.15) is 0 Å². The maximum atomic E-state index is 5.89. The lowest BCUT2D eigenvalue weighted by atomic mass is 10.1. The fourth-order valence-electron chi connectivity index (χ4n) is 1.90. The van der Waals surface area contributed by atoms with Gasteiger partial charge in [0.1, 0.15) is 5.75 Å². The van der Waals surface area contributed by atoms with Crippen molar-refractivity contribution in [1.82, 2.24) is 5.32 Å². The van der Waals surface area contributed by atoms with Gasteiger partial charge in [0.25, 0.3) is 0 Å². The van der Waals surface area contributed by atoms with E-state index in [1.54, 1.807) is 7.11 Å². The summed E-state index contributed by atoms with van der Waals surface area (Å²) in [6.45, 7) is 2.04. The van der Waals surface area contributed by atoms with E-state index in [1.807, 2.05) is 55.5 Å². The number of methoxy groups -OCH3 is 1. The molecule has 110 valence electrons. The third kappa shape index (κ3) is 4.62. The molecular weight excluding hydrogens is 304 g/mol. The molecule has 0 fully saturated rings. The quantitative estimate of drug-likeness (QED) is 0.818. The first-order chi connectivity index (χ1) is 10.1. The van der Waals surface area contributed by atoms with Gasteiger partial charge >= 0.3 is 0 Å². The maximum Gasteiger partial charge on any atom is 0.171 e. The van der Waals surface area contributed by atoms with Gasteiger partial charge in [0.05, 0.1) is 13.2 Å². The van der Waals surface area contributed by atoms with E-state index in [0.29, 0.717) is 5.11 Å². The van der Waals surface area contributed by atoms with Gasteiger partial charge in [-0.25, -0.2) is 0 Å². The summed E-state index contributed by atoms with van der Waals surface area (Å²) in [6.07, 6.45) is 0. The predicted octanol–water partition coefficient (Wildman–Crippen LogP) is 4.40. The van der Waals surface area contributed by atoms with E-state index in [2.05, 4.69) is 10.6 Å². The van der Waals surface area contributed by atoms with Crippen molar-refractivity contribution in [3.05, 3.63) is 59.1 Å². The van der Waals surface area contributed by atoms with E-state index in [0.717, 1.165) is 22.0 Å².